The van der Waals surface area contributed by atoms with E-state index in [1.807, 2.05) is 0 Å². The molecule has 0 heterocycles. The summed E-state index contributed by atoms with van der Waals surface area (Å²) in [4.78, 5) is 21.2. The highest BCUT2D eigenvalue weighted by molar-refractivity contribution is 5.70. The lowest BCUT2D eigenvalue weighted by atomic mass is 9.78. The molecule has 1 aliphatic rings. The Labute approximate surface area is 84.5 Å². The van der Waals surface area contributed by atoms with Crippen LogP contribution in [0, 0.1) is 11.8 Å². The number of aliphatic carboxylic acids is 1. The van der Waals surface area contributed by atoms with Crippen molar-refractivity contribution in [3.8, 4) is 0 Å². The van der Waals surface area contributed by atoms with E-state index in [1.54, 1.807) is 0 Å². The Kier molecular flexibility index (Phi) is 4.63. The number of hydrogen-bond donors (Lipinski definition) is 1. The quantitative estimate of drug-likeness (QED) is 0.689. The molecule has 3 heteroatoms. The van der Waals surface area contributed by atoms with E-state index in [-0.39, 0.29) is 5.92 Å². The van der Waals surface area contributed by atoms with Crippen molar-refractivity contribution in [2.45, 2.75) is 44.9 Å². The lowest BCUT2D eigenvalue weighted by Gasteiger charge is -2.26. The van der Waals surface area contributed by atoms with Gasteiger partial charge in [0, 0.05) is 6.42 Å². The Morgan fingerprint density at radius 2 is 2.00 bits per heavy atom. The van der Waals surface area contributed by atoms with Crippen LogP contribution in [0.1, 0.15) is 44.9 Å². The summed E-state index contributed by atoms with van der Waals surface area (Å²) in [5.74, 6) is -0.708. The molecule has 1 N–H and O–H groups in total. The van der Waals surface area contributed by atoms with Gasteiger partial charge in [0.25, 0.3) is 0 Å². The molecular weight excluding hydrogens is 180 g/mol. The van der Waals surface area contributed by atoms with Crippen LogP contribution in [0.2, 0.25) is 0 Å². The lowest BCUT2D eigenvalue weighted by molar-refractivity contribution is -0.144. The molecule has 1 unspecified atom stereocenters. The molecule has 3 nitrogen and oxygen atoms in total. The van der Waals surface area contributed by atoms with Gasteiger partial charge in [-0.1, -0.05) is 19.3 Å². The third-order valence-electron chi connectivity index (χ3n) is 3.13. The summed E-state index contributed by atoms with van der Waals surface area (Å²) < 4.78 is 0. The molecule has 0 aliphatic heterocycles. The first-order chi connectivity index (χ1) is 6.75. The van der Waals surface area contributed by atoms with Gasteiger partial charge in [0.15, 0.2) is 0 Å². The van der Waals surface area contributed by atoms with E-state index in [0.29, 0.717) is 18.8 Å². The standard InChI is InChI=1S/C11H18O3/c12-8-4-7-10(11(13)14)9-5-2-1-3-6-9/h8-10H,1-7H2,(H,13,14). The highest BCUT2D eigenvalue weighted by Gasteiger charge is 2.28. The lowest BCUT2D eigenvalue weighted by Crippen LogP contribution is -2.25. The predicted octanol–water partition coefficient (Wildman–Crippen LogP) is 2.25. The summed E-state index contributed by atoms with van der Waals surface area (Å²) in [6, 6.07) is 0. The van der Waals surface area contributed by atoms with Crippen molar-refractivity contribution >= 4 is 12.3 Å². The molecule has 0 aromatic rings. The van der Waals surface area contributed by atoms with E-state index in [4.69, 9.17) is 5.11 Å². The van der Waals surface area contributed by atoms with Crippen molar-refractivity contribution in [1.29, 1.82) is 0 Å². The van der Waals surface area contributed by atoms with Crippen molar-refractivity contribution in [3.05, 3.63) is 0 Å². The topological polar surface area (TPSA) is 54.4 Å². The third-order valence-corrected chi connectivity index (χ3v) is 3.13. The van der Waals surface area contributed by atoms with E-state index < -0.39 is 5.97 Å². The molecule has 0 spiro atoms. The summed E-state index contributed by atoms with van der Waals surface area (Å²) in [7, 11) is 0. The van der Waals surface area contributed by atoms with Crippen molar-refractivity contribution < 1.29 is 14.7 Å². The van der Waals surface area contributed by atoms with E-state index in [9.17, 15) is 9.59 Å². The van der Waals surface area contributed by atoms with E-state index in [2.05, 4.69) is 0 Å². The maximum atomic E-state index is 11.0. The Hall–Kier alpha value is -0.860. The molecule has 0 aromatic carbocycles. The van der Waals surface area contributed by atoms with Crippen molar-refractivity contribution in [1.82, 2.24) is 0 Å². The summed E-state index contributed by atoms with van der Waals surface area (Å²) in [6.45, 7) is 0. The minimum absolute atomic E-state index is 0.291. The first-order valence-electron chi connectivity index (χ1n) is 5.42. The average molecular weight is 198 g/mol. The van der Waals surface area contributed by atoms with E-state index >= 15 is 0 Å². The van der Waals surface area contributed by atoms with Crippen LogP contribution in [0.5, 0.6) is 0 Å². The third kappa shape index (κ3) is 3.13. The number of hydrogen-bond acceptors (Lipinski definition) is 2. The molecule has 0 radical (unpaired) electrons. The normalized spacial score (nSPS) is 20.3. The zero-order chi connectivity index (χ0) is 10.4. The molecule has 1 rings (SSSR count). The molecule has 0 amide bonds. The van der Waals surface area contributed by atoms with Gasteiger partial charge >= 0.3 is 5.97 Å². The van der Waals surface area contributed by atoms with Crippen molar-refractivity contribution in [3.63, 3.8) is 0 Å². The van der Waals surface area contributed by atoms with Crippen molar-refractivity contribution in [2.75, 3.05) is 0 Å². The highest BCUT2D eigenvalue weighted by atomic mass is 16.4. The van der Waals surface area contributed by atoms with Crippen LogP contribution in [0.4, 0.5) is 0 Å². The fourth-order valence-electron chi connectivity index (χ4n) is 2.34. The van der Waals surface area contributed by atoms with Gasteiger partial charge in [0.2, 0.25) is 0 Å². The zero-order valence-electron chi connectivity index (χ0n) is 8.45. The Morgan fingerprint density at radius 1 is 1.36 bits per heavy atom. The van der Waals surface area contributed by atoms with Crippen molar-refractivity contribution in [2.24, 2.45) is 11.8 Å². The maximum Gasteiger partial charge on any atom is 0.306 e. The molecule has 14 heavy (non-hydrogen) atoms. The number of aldehydes is 1. The average Bonchev–Trinajstić information content (AvgIpc) is 2.19. The fraction of sp³-hybridized carbons (Fsp3) is 0.818. The minimum Gasteiger partial charge on any atom is -0.481 e. The van der Waals surface area contributed by atoms with Crippen LogP contribution in [-0.2, 0) is 9.59 Å². The van der Waals surface area contributed by atoms with Gasteiger partial charge in [-0.05, 0) is 25.2 Å². The number of carboxylic acids is 1. The molecule has 80 valence electrons. The van der Waals surface area contributed by atoms with Gasteiger partial charge in [-0.3, -0.25) is 4.79 Å². The smallest absolute Gasteiger partial charge is 0.306 e. The minimum atomic E-state index is -0.723. The van der Waals surface area contributed by atoms with Gasteiger partial charge in [0.05, 0.1) is 5.92 Å². The summed E-state index contributed by atoms with van der Waals surface area (Å²) >= 11 is 0. The highest BCUT2D eigenvalue weighted by Crippen LogP contribution is 2.32. The Morgan fingerprint density at radius 3 is 2.50 bits per heavy atom. The molecular formula is C11H18O3. The second kappa shape index (κ2) is 5.78. The Bertz CT molecular complexity index is 195. The monoisotopic (exact) mass is 198 g/mol. The van der Waals surface area contributed by atoms with Gasteiger partial charge in [0.1, 0.15) is 6.29 Å². The van der Waals surface area contributed by atoms with Gasteiger partial charge in [-0.2, -0.15) is 0 Å². The molecule has 1 fully saturated rings. The van der Waals surface area contributed by atoms with Gasteiger partial charge in [-0.15, -0.1) is 0 Å². The largest absolute Gasteiger partial charge is 0.481 e. The van der Waals surface area contributed by atoms with E-state index in [0.717, 1.165) is 32.0 Å². The zero-order valence-corrected chi connectivity index (χ0v) is 8.45. The molecule has 1 aliphatic carbocycles. The second-order valence-corrected chi connectivity index (χ2v) is 4.09. The summed E-state index contributed by atoms with van der Waals surface area (Å²) in [5, 5.41) is 9.04. The molecule has 0 aromatic heterocycles. The van der Waals surface area contributed by atoms with Crippen LogP contribution in [0.15, 0.2) is 0 Å². The van der Waals surface area contributed by atoms with Gasteiger partial charge in [-0.25, -0.2) is 0 Å². The van der Waals surface area contributed by atoms with Crippen LogP contribution in [-0.4, -0.2) is 17.4 Å². The fourth-order valence-corrected chi connectivity index (χ4v) is 2.34. The maximum absolute atomic E-state index is 11.0. The number of carbonyl (C=O) groups is 2. The number of rotatable bonds is 5. The number of carboxylic acid groups (broad SMARTS) is 1. The molecule has 1 atom stereocenters. The van der Waals surface area contributed by atoms with Crippen LogP contribution < -0.4 is 0 Å². The first kappa shape index (κ1) is 11.2. The summed E-state index contributed by atoms with van der Waals surface area (Å²) in [5.41, 5.74) is 0. The second-order valence-electron chi connectivity index (χ2n) is 4.09. The first-order valence-corrected chi connectivity index (χ1v) is 5.42. The van der Waals surface area contributed by atoms with Crippen LogP contribution >= 0.6 is 0 Å². The predicted molar refractivity (Wildman–Crippen MR) is 53.0 cm³/mol. The SMILES string of the molecule is O=CCCC(C(=O)O)C1CCCCC1. The Balaban J connectivity index is 2.46. The van der Waals surface area contributed by atoms with Crippen LogP contribution in [0.3, 0.4) is 0 Å². The van der Waals surface area contributed by atoms with E-state index in [1.165, 1.54) is 6.42 Å². The van der Waals surface area contributed by atoms with Gasteiger partial charge < -0.3 is 9.90 Å². The number of carbonyl (C=O) groups excluding carboxylic acids is 1. The molecule has 1 saturated carbocycles. The molecule has 0 bridgehead atoms. The van der Waals surface area contributed by atoms with Crippen LogP contribution in [0.25, 0.3) is 0 Å². The molecule has 0 saturated heterocycles. The summed E-state index contributed by atoms with van der Waals surface area (Å²) in [6.07, 6.45) is 7.29.